The normalized spacial score (nSPS) is 26.6. The molecule has 1 aliphatic rings. The van der Waals surface area contributed by atoms with Gasteiger partial charge in [-0.1, -0.05) is 38.3 Å². The average Bonchev–Trinajstić information content (AvgIpc) is 2.47. The van der Waals surface area contributed by atoms with Crippen molar-refractivity contribution < 1.29 is 0 Å². The zero-order chi connectivity index (χ0) is 14.1. The first-order valence-electron chi connectivity index (χ1n) is 7.46. The lowest BCUT2D eigenvalue weighted by Crippen LogP contribution is -2.35. The van der Waals surface area contributed by atoms with Gasteiger partial charge in [0.25, 0.3) is 0 Å². The Labute approximate surface area is 125 Å². The summed E-state index contributed by atoms with van der Waals surface area (Å²) < 4.78 is 0. The fraction of sp³-hybridized carbons (Fsp3) is 0.471. The van der Waals surface area contributed by atoms with E-state index in [2.05, 4.69) is 36.3 Å². The van der Waals surface area contributed by atoms with E-state index in [-0.39, 0.29) is 0 Å². The highest BCUT2D eigenvalue weighted by Gasteiger charge is 2.27. The highest BCUT2D eigenvalue weighted by Crippen LogP contribution is 2.34. The van der Waals surface area contributed by atoms with Gasteiger partial charge in [-0.05, 0) is 42.5 Å². The third kappa shape index (κ3) is 2.49. The monoisotopic (exact) mass is 288 g/mol. The molecule has 106 valence electrons. The lowest BCUT2D eigenvalue weighted by molar-refractivity contribution is 0.253. The fourth-order valence-corrected chi connectivity index (χ4v) is 3.46. The molecule has 1 heterocycles. The highest BCUT2D eigenvalue weighted by molar-refractivity contribution is 6.35. The number of hydrogen-bond donors (Lipinski definition) is 1. The summed E-state index contributed by atoms with van der Waals surface area (Å²) in [4.78, 5) is 4.40. The highest BCUT2D eigenvalue weighted by atomic mass is 35.5. The molecule has 0 bridgehead atoms. The van der Waals surface area contributed by atoms with Gasteiger partial charge in [-0.2, -0.15) is 0 Å². The zero-order valence-electron chi connectivity index (χ0n) is 12.1. The predicted molar refractivity (Wildman–Crippen MR) is 86.3 cm³/mol. The molecule has 1 aromatic heterocycles. The summed E-state index contributed by atoms with van der Waals surface area (Å²) in [5.74, 6) is 1.49. The Kier molecular flexibility index (Phi) is 3.84. The Balaban J connectivity index is 1.93. The second-order valence-electron chi connectivity index (χ2n) is 6.01. The molecule has 2 aromatic rings. The van der Waals surface area contributed by atoms with Crippen molar-refractivity contribution in [2.75, 3.05) is 5.32 Å². The van der Waals surface area contributed by atoms with Gasteiger partial charge in [0.2, 0.25) is 0 Å². The molecule has 1 fully saturated rings. The summed E-state index contributed by atoms with van der Waals surface area (Å²) >= 11 is 6.23. The van der Waals surface area contributed by atoms with Crippen LogP contribution in [0.5, 0.6) is 0 Å². The predicted octanol–water partition coefficient (Wildman–Crippen LogP) is 5.12. The SMILES string of the molecule is CC1CCCC(Nc2ccc(Cl)c3ncccc23)C1C. The minimum absolute atomic E-state index is 0.545. The van der Waals surface area contributed by atoms with E-state index in [1.54, 1.807) is 6.20 Å². The summed E-state index contributed by atoms with van der Waals surface area (Å²) in [5, 5.41) is 5.57. The van der Waals surface area contributed by atoms with Crippen LogP contribution in [0.25, 0.3) is 10.9 Å². The molecule has 3 rings (SSSR count). The van der Waals surface area contributed by atoms with Crippen LogP contribution in [0.1, 0.15) is 33.1 Å². The topological polar surface area (TPSA) is 24.9 Å². The van der Waals surface area contributed by atoms with Crippen molar-refractivity contribution in [3.63, 3.8) is 0 Å². The molecule has 0 spiro atoms. The summed E-state index contributed by atoms with van der Waals surface area (Å²) in [6.45, 7) is 4.72. The van der Waals surface area contributed by atoms with Gasteiger partial charge in [0.15, 0.2) is 0 Å². The van der Waals surface area contributed by atoms with Gasteiger partial charge in [0.05, 0.1) is 10.5 Å². The number of halogens is 1. The Morgan fingerprint density at radius 2 is 2.05 bits per heavy atom. The molecule has 3 heteroatoms. The summed E-state index contributed by atoms with van der Waals surface area (Å²) in [6, 6.07) is 8.63. The van der Waals surface area contributed by atoms with E-state index in [1.165, 1.54) is 19.3 Å². The van der Waals surface area contributed by atoms with Crippen LogP contribution in [0, 0.1) is 11.8 Å². The van der Waals surface area contributed by atoms with Crippen molar-refractivity contribution in [2.24, 2.45) is 11.8 Å². The van der Waals surface area contributed by atoms with E-state index in [1.807, 2.05) is 12.1 Å². The van der Waals surface area contributed by atoms with Crippen LogP contribution in [-0.2, 0) is 0 Å². The number of nitrogens with one attached hydrogen (secondary N) is 1. The molecule has 1 saturated carbocycles. The van der Waals surface area contributed by atoms with E-state index < -0.39 is 0 Å². The van der Waals surface area contributed by atoms with E-state index in [0.717, 1.165) is 27.5 Å². The molecule has 0 amide bonds. The van der Waals surface area contributed by atoms with Crippen molar-refractivity contribution in [3.8, 4) is 0 Å². The van der Waals surface area contributed by atoms with Crippen LogP contribution in [0.3, 0.4) is 0 Å². The van der Waals surface area contributed by atoms with E-state index >= 15 is 0 Å². The standard InChI is InChI=1S/C17H21ClN2/c1-11-5-3-7-15(12(11)2)20-16-9-8-14(18)17-13(16)6-4-10-19-17/h4,6,8-12,15,20H,3,5,7H2,1-2H3. The Morgan fingerprint density at radius 1 is 1.20 bits per heavy atom. The van der Waals surface area contributed by atoms with Crippen LogP contribution in [0.4, 0.5) is 5.69 Å². The summed E-state index contributed by atoms with van der Waals surface area (Å²) in [5.41, 5.74) is 2.04. The first-order valence-corrected chi connectivity index (χ1v) is 7.84. The maximum atomic E-state index is 6.23. The number of fused-ring (bicyclic) bond motifs is 1. The first kappa shape index (κ1) is 13.7. The largest absolute Gasteiger partial charge is 0.381 e. The molecule has 0 radical (unpaired) electrons. The number of anilines is 1. The van der Waals surface area contributed by atoms with Crippen molar-refractivity contribution in [1.29, 1.82) is 0 Å². The molecule has 3 unspecified atom stereocenters. The molecule has 20 heavy (non-hydrogen) atoms. The third-order valence-corrected chi connectivity index (χ3v) is 5.07. The van der Waals surface area contributed by atoms with Crippen molar-refractivity contribution in [2.45, 2.75) is 39.2 Å². The van der Waals surface area contributed by atoms with E-state index in [4.69, 9.17) is 11.6 Å². The van der Waals surface area contributed by atoms with Crippen LogP contribution < -0.4 is 5.32 Å². The molecule has 1 aliphatic carbocycles. The Morgan fingerprint density at radius 3 is 2.90 bits per heavy atom. The maximum absolute atomic E-state index is 6.23. The minimum Gasteiger partial charge on any atom is -0.381 e. The first-order chi connectivity index (χ1) is 9.66. The van der Waals surface area contributed by atoms with Gasteiger partial charge in [-0.3, -0.25) is 4.98 Å². The van der Waals surface area contributed by atoms with Crippen molar-refractivity contribution in [1.82, 2.24) is 4.98 Å². The molecule has 1 N–H and O–H groups in total. The van der Waals surface area contributed by atoms with Crippen molar-refractivity contribution >= 4 is 28.2 Å². The number of hydrogen-bond acceptors (Lipinski definition) is 2. The van der Waals surface area contributed by atoms with Crippen LogP contribution in [0.15, 0.2) is 30.5 Å². The molecular formula is C17H21ClN2. The van der Waals surface area contributed by atoms with Gasteiger partial charge in [0.1, 0.15) is 0 Å². The van der Waals surface area contributed by atoms with Crippen molar-refractivity contribution in [3.05, 3.63) is 35.5 Å². The van der Waals surface area contributed by atoms with Crippen LogP contribution in [0.2, 0.25) is 5.02 Å². The van der Waals surface area contributed by atoms with E-state index in [0.29, 0.717) is 12.0 Å². The minimum atomic E-state index is 0.545. The summed E-state index contributed by atoms with van der Waals surface area (Å²) in [6.07, 6.45) is 5.70. The fourth-order valence-electron chi connectivity index (χ4n) is 3.25. The molecular weight excluding hydrogens is 268 g/mol. The van der Waals surface area contributed by atoms with Crippen LogP contribution in [-0.4, -0.2) is 11.0 Å². The lowest BCUT2D eigenvalue weighted by atomic mass is 9.78. The van der Waals surface area contributed by atoms with Gasteiger partial charge >= 0.3 is 0 Å². The number of pyridine rings is 1. The summed E-state index contributed by atoms with van der Waals surface area (Å²) in [7, 11) is 0. The van der Waals surface area contributed by atoms with Gasteiger partial charge in [-0.25, -0.2) is 0 Å². The number of benzene rings is 1. The second kappa shape index (κ2) is 5.61. The Bertz CT molecular complexity index is 611. The lowest BCUT2D eigenvalue weighted by Gasteiger charge is -2.35. The number of rotatable bonds is 2. The van der Waals surface area contributed by atoms with Gasteiger partial charge in [0, 0.05) is 23.3 Å². The van der Waals surface area contributed by atoms with Gasteiger partial charge < -0.3 is 5.32 Å². The maximum Gasteiger partial charge on any atom is 0.0908 e. The number of aromatic nitrogens is 1. The van der Waals surface area contributed by atoms with E-state index in [9.17, 15) is 0 Å². The smallest absolute Gasteiger partial charge is 0.0908 e. The number of nitrogens with zero attached hydrogens (tertiary/aromatic N) is 1. The average molecular weight is 289 g/mol. The molecule has 0 aliphatic heterocycles. The quantitative estimate of drug-likeness (QED) is 0.829. The second-order valence-corrected chi connectivity index (χ2v) is 6.42. The molecule has 2 nitrogen and oxygen atoms in total. The third-order valence-electron chi connectivity index (χ3n) is 4.77. The zero-order valence-corrected chi connectivity index (χ0v) is 12.8. The van der Waals surface area contributed by atoms with Gasteiger partial charge in [-0.15, -0.1) is 0 Å². The van der Waals surface area contributed by atoms with Crippen LogP contribution >= 0.6 is 11.6 Å². The molecule has 3 atom stereocenters. The molecule has 1 aromatic carbocycles. The Hall–Kier alpha value is -1.28. The molecule has 0 saturated heterocycles.